The SMILES string of the molecule is CC(C)Oc1ccc(C(N)CC#N)cc1.Cl. The van der Waals surface area contributed by atoms with Crippen LogP contribution >= 0.6 is 12.4 Å². The Bertz CT molecular complexity index is 343. The molecule has 0 heterocycles. The molecule has 0 aliphatic rings. The molecule has 0 saturated heterocycles. The van der Waals surface area contributed by atoms with Crippen LogP contribution in [0.2, 0.25) is 0 Å². The Balaban J connectivity index is 0.00000225. The number of benzene rings is 1. The van der Waals surface area contributed by atoms with Crippen LogP contribution in [-0.4, -0.2) is 6.10 Å². The van der Waals surface area contributed by atoms with Crippen molar-refractivity contribution in [2.45, 2.75) is 32.4 Å². The van der Waals surface area contributed by atoms with E-state index in [2.05, 4.69) is 6.07 Å². The highest BCUT2D eigenvalue weighted by Crippen LogP contribution is 2.18. The number of nitrogens with two attached hydrogens (primary N) is 1. The summed E-state index contributed by atoms with van der Waals surface area (Å²) in [5, 5.41) is 8.52. The van der Waals surface area contributed by atoms with Crippen LogP contribution in [0.25, 0.3) is 0 Å². The van der Waals surface area contributed by atoms with Gasteiger partial charge in [-0.15, -0.1) is 12.4 Å². The highest BCUT2D eigenvalue weighted by atomic mass is 35.5. The molecule has 16 heavy (non-hydrogen) atoms. The molecule has 0 amide bonds. The van der Waals surface area contributed by atoms with E-state index >= 15 is 0 Å². The lowest BCUT2D eigenvalue weighted by Crippen LogP contribution is -2.09. The molecule has 1 rings (SSSR count). The van der Waals surface area contributed by atoms with E-state index in [4.69, 9.17) is 15.7 Å². The largest absolute Gasteiger partial charge is 0.491 e. The minimum Gasteiger partial charge on any atom is -0.491 e. The van der Waals surface area contributed by atoms with E-state index in [0.717, 1.165) is 11.3 Å². The third-order valence-electron chi connectivity index (χ3n) is 1.99. The summed E-state index contributed by atoms with van der Waals surface area (Å²) >= 11 is 0. The first-order valence-corrected chi connectivity index (χ1v) is 5.02. The lowest BCUT2D eigenvalue weighted by molar-refractivity contribution is 0.242. The Morgan fingerprint density at radius 2 is 1.88 bits per heavy atom. The van der Waals surface area contributed by atoms with E-state index < -0.39 is 0 Å². The van der Waals surface area contributed by atoms with Crippen LogP contribution < -0.4 is 10.5 Å². The van der Waals surface area contributed by atoms with Gasteiger partial charge in [0.1, 0.15) is 5.75 Å². The highest BCUT2D eigenvalue weighted by molar-refractivity contribution is 5.85. The van der Waals surface area contributed by atoms with Crippen molar-refractivity contribution >= 4 is 12.4 Å². The second-order valence-electron chi connectivity index (χ2n) is 3.70. The third kappa shape index (κ3) is 4.52. The van der Waals surface area contributed by atoms with E-state index in [9.17, 15) is 0 Å². The van der Waals surface area contributed by atoms with Crippen molar-refractivity contribution in [3.8, 4) is 11.8 Å². The monoisotopic (exact) mass is 240 g/mol. The van der Waals surface area contributed by atoms with Gasteiger partial charge in [0.15, 0.2) is 0 Å². The Morgan fingerprint density at radius 3 is 2.31 bits per heavy atom. The molecule has 4 heteroatoms. The van der Waals surface area contributed by atoms with Crippen LogP contribution in [0, 0.1) is 11.3 Å². The molecule has 0 radical (unpaired) electrons. The summed E-state index contributed by atoms with van der Waals surface area (Å²) < 4.78 is 5.50. The average molecular weight is 241 g/mol. The number of ether oxygens (including phenoxy) is 1. The van der Waals surface area contributed by atoms with Gasteiger partial charge in [0.2, 0.25) is 0 Å². The van der Waals surface area contributed by atoms with Crippen LogP contribution in [0.3, 0.4) is 0 Å². The maximum absolute atomic E-state index is 8.52. The van der Waals surface area contributed by atoms with Gasteiger partial charge in [-0.1, -0.05) is 12.1 Å². The van der Waals surface area contributed by atoms with Crippen molar-refractivity contribution in [3.63, 3.8) is 0 Å². The molecule has 3 nitrogen and oxygen atoms in total. The molecule has 0 fully saturated rings. The fourth-order valence-corrected chi connectivity index (χ4v) is 1.28. The van der Waals surface area contributed by atoms with Gasteiger partial charge in [-0.3, -0.25) is 0 Å². The molecule has 1 unspecified atom stereocenters. The van der Waals surface area contributed by atoms with Gasteiger partial charge in [-0.05, 0) is 31.5 Å². The summed E-state index contributed by atoms with van der Waals surface area (Å²) in [7, 11) is 0. The van der Waals surface area contributed by atoms with Gasteiger partial charge in [0.25, 0.3) is 0 Å². The fourth-order valence-electron chi connectivity index (χ4n) is 1.28. The minimum absolute atomic E-state index is 0. The molecule has 0 aliphatic carbocycles. The maximum atomic E-state index is 8.52. The van der Waals surface area contributed by atoms with Crippen molar-refractivity contribution in [3.05, 3.63) is 29.8 Å². The van der Waals surface area contributed by atoms with Crippen molar-refractivity contribution in [1.82, 2.24) is 0 Å². The fraction of sp³-hybridized carbons (Fsp3) is 0.417. The van der Waals surface area contributed by atoms with Gasteiger partial charge in [-0.25, -0.2) is 0 Å². The van der Waals surface area contributed by atoms with E-state index in [1.807, 2.05) is 38.1 Å². The summed E-state index contributed by atoms with van der Waals surface area (Å²) in [5.74, 6) is 0.831. The van der Waals surface area contributed by atoms with Crippen LogP contribution in [-0.2, 0) is 0 Å². The predicted octanol–water partition coefficient (Wildman–Crippen LogP) is 2.81. The Hall–Kier alpha value is -1.24. The first kappa shape index (κ1) is 14.8. The number of halogens is 1. The number of nitrogens with zero attached hydrogens (tertiary/aromatic N) is 1. The van der Waals surface area contributed by atoms with E-state index in [1.165, 1.54) is 0 Å². The average Bonchev–Trinajstić information content (AvgIpc) is 2.18. The van der Waals surface area contributed by atoms with Gasteiger partial charge in [0.05, 0.1) is 18.6 Å². The molecule has 0 aromatic heterocycles. The molecule has 88 valence electrons. The van der Waals surface area contributed by atoms with Gasteiger partial charge in [0, 0.05) is 6.04 Å². The topological polar surface area (TPSA) is 59.0 Å². The van der Waals surface area contributed by atoms with Crippen LogP contribution in [0.5, 0.6) is 5.75 Å². The summed E-state index contributed by atoms with van der Waals surface area (Å²) in [6.07, 6.45) is 0.508. The lowest BCUT2D eigenvalue weighted by Gasteiger charge is -2.11. The quantitative estimate of drug-likeness (QED) is 0.881. The second-order valence-corrected chi connectivity index (χ2v) is 3.70. The molecule has 0 bridgehead atoms. The summed E-state index contributed by atoms with van der Waals surface area (Å²) in [6.45, 7) is 3.96. The zero-order valence-corrected chi connectivity index (χ0v) is 10.3. The Kier molecular flexibility index (Phi) is 6.55. The van der Waals surface area contributed by atoms with Crippen LogP contribution in [0.4, 0.5) is 0 Å². The molecule has 1 aromatic carbocycles. The zero-order valence-electron chi connectivity index (χ0n) is 9.51. The van der Waals surface area contributed by atoms with E-state index in [1.54, 1.807) is 0 Å². The zero-order chi connectivity index (χ0) is 11.3. The van der Waals surface area contributed by atoms with Crippen LogP contribution in [0.15, 0.2) is 24.3 Å². The summed E-state index contributed by atoms with van der Waals surface area (Å²) in [6, 6.07) is 9.42. The molecular weight excluding hydrogens is 224 g/mol. The molecule has 0 aliphatic heterocycles. The summed E-state index contributed by atoms with van der Waals surface area (Å²) in [4.78, 5) is 0. The smallest absolute Gasteiger partial charge is 0.119 e. The Labute approximate surface area is 103 Å². The van der Waals surface area contributed by atoms with E-state index in [0.29, 0.717) is 6.42 Å². The predicted molar refractivity (Wildman–Crippen MR) is 66.6 cm³/mol. The van der Waals surface area contributed by atoms with Gasteiger partial charge >= 0.3 is 0 Å². The minimum atomic E-state index is -0.205. The normalized spacial score (nSPS) is 11.4. The first-order valence-electron chi connectivity index (χ1n) is 5.02. The third-order valence-corrected chi connectivity index (χ3v) is 1.99. The second kappa shape index (κ2) is 7.10. The first-order chi connectivity index (χ1) is 7.13. The van der Waals surface area contributed by atoms with Crippen molar-refractivity contribution in [2.75, 3.05) is 0 Å². The molecule has 0 saturated carbocycles. The molecular formula is C12H17ClN2O. The number of rotatable bonds is 4. The maximum Gasteiger partial charge on any atom is 0.119 e. The highest BCUT2D eigenvalue weighted by Gasteiger charge is 2.05. The Morgan fingerprint density at radius 1 is 1.31 bits per heavy atom. The van der Waals surface area contributed by atoms with Crippen molar-refractivity contribution in [1.29, 1.82) is 5.26 Å². The van der Waals surface area contributed by atoms with E-state index in [-0.39, 0.29) is 24.6 Å². The van der Waals surface area contributed by atoms with Gasteiger partial charge in [-0.2, -0.15) is 5.26 Å². The van der Waals surface area contributed by atoms with Crippen molar-refractivity contribution < 1.29 is 4.74 Å². The molecule has 1 aromatic rings. The molecule has 1 atom stereocenters. The molecule has 2 N–H and O–H groups in total. The summed E-state index contributed by atoms with van der Waals surface area (Å²) in [5.41, 5.74) is 6.76. The van der Waals surface area contributed by atoms with Crippen molar-refractivity contribution in [2.24, 2.45) is 5.73 Å². The number of hydrogen-bond acceptors (Lipinski definition) is 3. The lowest BCUT2D eigenvalue weighted by atomic mass is 10.1. The number of nitriles is 1. The molecule has 0 spiro atoms. The number of hydrogen-bond donors (Lipinski definition) is 1. The van der Waals surface area contributed by atoms with Crippen LogP contribution in [0.1, 0.15) is 31.9 Å². The standard InChI is InChI=1S/C12H16N2O.ClH/c1-9(2)15-11-5-3-10(4-6-11)12(14)7-8-13;/h3-6,9,12H,7,14H2,1-2H3;1H. The van der Waals surface area contributed by atoms with Gasteiger partial charge < -0.3 is 10.5 Å².